The van der Waals surface area contributed by atoms with E-state index in [1.54, 1.807) is 0 Å². The molecule has 0 saturated heterocycles. The molecule has 2 nitrogen and oxygen atoms in total. The zero-order valence-electron chi connectivity index (χ0n) is 26.4. The number of unbranched alkanes of at least 4 members (excludes halogenated alkanes) is 22. The molecular weight excluding hydrogens is 472 g/mol. The fourth-order valence-electron chi connectivity index (χ4n) is 6.21. The number of nitrogens with zero attached hydrogens (tertiary/aromatic N) is 2. The van der Waals surface area contributed by atoms with Gasteiger partial charge in [-0.3, -0.25) is 0 Å². The molecule has 0 aromatic heterocycles. The molecule has 0 aliphatic carbocycles. The van der Waals surface area contributed by atoms with Crippen LogP contribution >= 0.6 is 0 Å². The molecule has 0 bridgehead atoms. The summed E-state index contributed by atoms with van der Waals surface area (Å²) < 4.78 is 0. The van der Waals surface area contributed by atoms with Gasteiger partial charge < -0.3 is 9.80 Å². The summed E-state index contributed by atoms with van der Waals surface area (Å²) in [6.45, 7) is 5.82. The van der Waals surface area contributed by atoms with Gasteiger partial charge in [0.2, 0.25) is 0 Å². The first-order valence-corrected chi connectivity index (χ1v) is 17.6. The average Bonchev–Trinajstić information content (AvgIpc) is 3.37. The average molecular weight is 539 g/mol. The van der Waals surface area contributed by atoms with Crippen LogP contribution in [0.15, 0.2) is 42.7 Å². The molecule has 0 amide bonds. The van der Waals surface area contributed by atoms with E-state index in [1.807, 2.05) is 0 Å². The minimum Gasteiger partial charge on any atom is -0.356 e. The second kappa shape index (κ2) is 24.4. The van der Waals surface area contributed by atoms with E-state index in [0.717, 1.165) is 0 Å². The first kappa shape index (κ1) is 33.8. The molecule has 2 heteroatoms. The van der Waals surface area contributed by atoms with Gasteiger partial charge in [0.25, 0.3) is 0 Å². The lowest BCUT2D eigenvalue weighted by Gasteiger charge is -2.33. The summed E-state index contributed by atoms with van der Waals surface area (Å²) in [7, 11) is 0. The quantitative estimate of drug-likeness (QED) is 0.103. The van der Waals surface area contributed by atoms with Crippen LogP contribution in [0.3, 0.4) is 0 Å². The van der Waals surface area contributed by atoms with Crippen molar-refractivity contribution in [3.63, 3.8) is 0 Å². The first-order chi connectivity index (χ1) is 19.4. The smallest absolute Gasteiger partial charge is 0.105 e. The number of para-hydroxylation sites is 1. The van der Waals surface area contributed by atoms with Crippen LogP contribution in [0.25, 0.3) is 0 Å². The van der Waals surface area contributed by atoms with Crippen LogP contribution in [0.1, 0.15) is 174 Å². The first-order valence-electron chi connectivity index (χ1n) is 17.6. The summed E-state index contributed by atoms with van der Waals surface area (Å²) in [5, 5.41) is 0. The summed E-state index contributed by atoms with van der Waals surface area (Å²) >= 11 is 0. The molecule has 2 rings (SSSR count). The minimum absolute atomic E-state index is 0.503. The van der Waals surface area contributed by atoms with Gasteiger partial charge in [0, 0.05) is 24.6 Å². The summed E-state index contributed by atoms with van der Waals surface area (Å²) in [6.07, 6.45) is 40.6. The Balaban J connectivity index is 1.56. The third kappa shape index (κ3) is 16.4. The monoisotopic (exact) mass is 539 g/mol. The highest BCUT2D eigenvalue weighted by Gasteiger charge is 2.26. The van der Waals surface area contributed by atoms with E-state index in [-0.39, 0.29) is 0 Å². The van der Waals surface area contributed by atoms with Crippen LogP contribution in [0, 0.1) is 0 Å². The fourth-order valence-corrected chi connectivity index (χ4v) is 6.21. The van der Waals surface area contributed by atoms with Gasteiger partial charge in [-0.15, -0.1) is 0 Å². The highest BCUT2D eigenvalue weighted by Crippen LogP contribution is 2.28. The molecule has 0 radical (unpaired) electrons. The van der Waals surface area contributed by atoms with Gasteiger partial charge in [-0.05, 0) is 31.4 Å². The molecule has 1 unspecified atom stereocenters. The predicted octanol–water partition coefficient (Wildman–Crippen LogP) is 12.4. The standard InChI is InChI=1S/C37H66N2/c1-3-5-7-9-11-13-15-16-17-18-19-21-23-28-32-37-38(34-35-39(37)36-30-26-25-27-31-36)33-29-24-22-20-14-12-10-8-6-4-2/h25-27,30-31,34-35,37H,3-24,28-29,32-33H2,1-2H3. The molecule has 224 valence electrons. The second-order valence-corrected chi connectivity index (χ2v) is 12.3. The van der Waals surface area contributed by atoms with Crippen molar-refractivity contribution in [2.24, 2.45) is 0 Å². The Kier molecular flexibility index (Phi) is 21.1. The zero-order chi connectivity index (χ0) is 27.6. The third-order valence-electron chi connectivity index (χ3n) is 8.76. The number of hydrogen-bond donors (Lipinski definition) is 0. The van der Waals surface area contributed by atoms with Gasteiger partial charge >= 0.3 is 0 Å². The molecule has 1 aliphatic heterocycles. The largest absolute Gasteiger partial charge is 0.356 e. The third-order valence-corrected chi connectivity index (χ3v) is 8.76. The van der Waals surface area contributed by atoms with E-state index in [1.165, 1.54) is 173 Å². The van der Waals surface area contributed by atoms with Gasteiger partial charge in [-0.2, -0.15) is 0 Å². The van der Waals surface area contributed by atoms with Crippen LogP contribution in [-0.2, 0) is 0 Å². The van der Waals surface area contributed by atoms with Gasteiger partial charge in [0.15, 0.2) is 0 Å². The summed E-state index contributed by atoms with van der Waals surface area (Å²) in [6, 6.07) is 11.0. The van der Waals surface area contributed by atoms with E-state index in [9.17, 15) is 0 Å². The van der Waals surface area contributed by atoms with Gasteiger partial charge in [0.1, 0.15) is 6.17 Å². The topological polar surface area (TPSA) is 6.48 Å². The maximum Gasteiger partial charge on any atom is 0.105 e. The SMILES string of the molecule is CCCCCCCCCCCCCCCCC1N(CCCCCCCCCCCC)C=CN1c1ccccc1. The van der Waals surface area contributed by atoms with Crippen molar-refractivity contribution in [3.8, 4) is 0 Å². The molecule has 1 aliphatic rings. The molecule has 0 N–H and O–H groups in total. The molecule has 0 saturated carbocycles. The van der Waals surface area contributed by atoms with Gasteiger partial charge in [-0.25, -0.2) is 0 Å². The van der Waals surface area contributed by atoms with Crippen molar-refractivity contribution in [3.05, 3.63) is 42.7 Å². The Bertz CT molecular complexity index is 669. The molecule has 0 fully saturated rings. The van der Waals surface area contributed by atoms with Crippen molar-refractivity contribution in [1.82, 2.24) is 4.90 Å². The maximum atomic E-state index is 2.64. The highest BCUT2D eigenvalue weighted by atomic mass is 15.4. The number of benzene rings is 1. The fraction of sp³-hybridized carbons (Fsp3) is 0.784. The lowest BCUT2D eigenvalue weighted by molar-refractivity contribution is 0.273. The predicted molar refractivity (Wildman–Crippen MR) is 175 cm³/mol. The number of rotatable bonds is 27. The lowest BCUT2D eigenvalue weighted by Crippen LogP contribution is -2.39. The number of anilines is 1. The Morgan fingerprint density at radius 2 is 0.872 bits per heavy atom. The zero-order valence-corrected chi connectivity index (χ0v) is 26.4. The van der Waals surface area contributed by atoms with Crippen molar-refractivity contribution in [1.29, 1.82) is 0 Å². The second-order valence-electron chi connectivity index (χ2n) is 12.3. The minimum atomic E-state index is 0.503. The molecule has 1 aromatic rings. The van der Waals surface area contributed by atoms with E-state index >= 15 is 0 Å². The highest BCUT2D eigenvalue weighted by molar-refractivity contribution is 5.51. The molecule has 0 spiro atoms. The number of hydrogen-bond acceptors (Lipinski definition) is 2. The Morgan fingerprint density at radius 1 is 0.462 bits per heavy atom. The molecular formula is C37H66N2. The van der Waals surface area contributed by atoms with Crippen LogP contribution in [0.5, 0.6) is 0 Å². The van der Waals surface area contributed by atoms with Crippen molar-refractivity contribution in [2.45, 2.75) is 181 Å². The van der Waals surface area contributed by atoms with Crippen molar-refractivity contribution >= 4 is 5.69 Å². The van der Waals surface area contributed by atoms with E-state index < -0.39 is 0 Å². The van der Waals surface area contributed by atoms with Crippen LogP contribution in [0.4, 0.5) is 5.69 Å². The lowest BCUT2D eigenvalue weighted by atomic mass is 10.0. The van der Waals surface area contributed by atoms with Gasteiger partial charge in [0.05, 0.1) is 0 Å². The Morgan fingerprint density at radius 3 is 1.33 bits per heavy atom. The van der Waals surface area contributed by atoms with Crippen LogP contribution in [-0.4, -0.2) is 17.6 Å². The maximum absolute atomic E-state index is 2.64. The van der Waals surface area contributed by atoms with E-state index in [4.69, 9.17) is 0 Å². The van der Waals surface area contributed by atoms with Crippen LogP contribution in [0.2, 0.25) is 0 Å². The molecule has 1 atom stereocenters. The Hall–Kier alpha value is -1.44. The normalized spacial score (nSPS) is 15.1. The summed E-state index contributed by atoms with van der Waals surface area (Å²) in [5.74, 6) is 0. The molecule has 1 aromatic carbocycles. The van der Waals surface area contributed by atoms with Crippen LogP contribution < -0.4 is 4.90 Å². The molecule has 39 heavy (non-hydrogen) atoms. The van der Waals surface area contributed by atoms with E-state index in [2.05, 4.69) is 66.4 Å². The van der Waals surface area contributed by atoms with Crippen molar-refractivity contribution < 1.29 is 0 Å². The summed E-state index contributed by atoms with van der Waals surface area (Å²) in [4.78, 5) is 5.17. The van der Waals surface area contributed by atoms with Gasteiger partial charge in [-0.1, -0.05) is 173 Å². The van der Waals surface area contributed by atoms with E-state index in [0.29, 0.717) is 6.17 Å². The van der Waals surface area contributed by atoms with Crippen molar-refractivity contribution in [2.75, 3.05) is 11.4 Å². The Labute approximate surface area is 245 Å². The summed E-state index contributed by atoms with van der Waals surface area (Å²) in [5.41, 5.74) is 1.34. The molecule has 1 heterocycles.